The van der Waals surface area contributed by atoms with Crippen LogP contribution < -0.4 is 4.72 Å². The Hall–Kier alpha value is -2.71. The minimum Gasteiger partial charge on any atom is -0.440 e. The number of nitrogens with one attached hydrogen (secondary N) is 1. The second-order valence-electron chi connectivity index (χ2n) is 8.71. The van der Waals surface area contributed by atoms with Crippen molar-refractivity contribution in [3.05, 3.63) is 60.0 Å². The van der Waals surface area contributed by atoms with Crippen LogP contribution in [0.2, 0.25) is 0 Å². The van der Waals surface area contributed by atoms with E-state index in [4.69, 9.17) is 4.42 Å². The standard InChI is InChI=1S/C24H27N3O4S/c28-23(12-7-17-5-10-20(11-6-17)32(29,30)26-19-8-9-19)27-15-13-18(14-16-27)24-25-21-3-1-2-4-22(21)31-24/h1-6,10-11,18-19,26H,7-9,12-16H2. The normalized spacial score (nSPS) is 17.7. The summed E-state index contributed by atoms with van der Waals surface area (Å²) >= 11 is 0. The van der Waals surface area contributed by atoms with Gasteiger partial charge in [0.05, 0.1) is 4.90 Å². The highest BCUT2D eigenvalue weighted by Gasteiger charge is 2.28. The number of piperidine rings is 1. The Morgan fingerprint density at radius 2 is 1.75 bits per heavy atom. The molecule has 0 unspecified atom stereocenters. The molecule has 1 amide bonds. The Balaban J connectivity index is 1.12. The quantitative estimate of drug-likeness (QED) is 0.590. The van der Waals surface area contributed by atoms with Gasteiger partial charge in [0.2, 0.25) is 15.9 Å². The van der Waals surface area contributed by atoms with E-state index < -0.39 is 10.0 Å². The SMILES string of the molecule is O=C(CCc1ccc(S(=O)(=O)NC2CC2)cc1)N1CCC(c2nc3ccccc3o2)CC1. The monoisotopic (exact) mass is 453 g/mol. The van der Waals surface area contributed by atoms with Gasteiger partial charge in [-0.05, 0) is 61.9 Å². The van der Waals surface area contributed by atoms with E-state index in [0.29, 0.717) is 25.9 Å². The summed E-state index contributed by atoms with van der Waals surface area (Å²) in [6, 6.07) is 14.7. The van der Waals surface area contributed by atoms with E-state index >= 15 is 0 Å². The average molecular weight is 454 g/mol. The number of sulfonamides is 1. The molecule has 1 N–H and O–H groups in total. The van der Waals surface area contributed by atoms with E-state index in [1.54, 1.807) is 24.3 Å². The number of nitrogens with zero attached hydrogens (tertiary/aromatic N) is 2. The average Bonchev–Trinajstić information content (AvgIpc) is 3.50. The molecule has 7 nitrogen and oxygen atoms in total. The second-order valence-corrected chi connectivity index (χ2v) is 10.4. The van der Waals surface area contributed by atoms with Gasteiger partial charge in [0, 0.05) is 31.5 Å². The van der Waals surface area contributed by atoms with Crippen LogP contribution in [0.3, 0.4) is 0 Å². The van der Waals surface area contributed by atoms with Gasteiger partial charge in [-0.15, -0.1) is 0 Å². The van der Waals surface area contributed by atoms with E-state index in [2.05, 4.69) is 9.71 Å². The lowest BCUT2D eigenvalue weighted by atomic mass is 9.96. The van der Waals surface area contributed by atoms with Crippen molar-refractivity contribution in [1.29, 1.82) is 0 Å². The van der Waals surface area contributed by atoms with E-state index in [0.717, 1.165) is 48.2 Å². The Morgan fingerprint density at radius 1 is 1.03 bits per heavy atom. The maximum atomic E-state index is 12.7. The number of likely N-dealkylation sites (tertiary alicyclic amines) is 1. The fourth-order valence-corrected chi connectivity index (χ4v) is 5.48. The molecule has 3 aromatic rings. The van der Waals surface area contributed by atoms with Crippen LogP contribution in [0.1, 0.15) is 49.5 Å². The first-order valence-electron chi connectivity index (χ1n) is 11.2. The Kier molecular flexibility index (Phi) is 5.73. The third-order valence-electron chi connectivity index (χ3n) is 6.27. The first kappa shape index (κ1) is 21.2. The van der Waals surface area contributed by atoms with Crippen molar-refractivity contribution in [3.63, 3.8) is 0 Å². The molecule has 1 saturated carbocycles. The van der Waals surface area contributed by atoms with Gasteiger partial charge in [0.25, 0.3) is 0 Å². The number of amides is 1. The Morgan fingerprint density at radius 3 is 2.44 bits per heavy atom. The highest BCUT2D eigenvalue weighted by atomic mass is 32.2. The van der Waals surface area contributed by atoms with Crippen molar-refractivity contribution in [1.82, 2.24) is 14.6 Å². The van der Waals surface area contributed by atoms with Crippen LogP contribution in [0.15, 0.2) is 57.8 Å². The fourth-order valence-electron chi connectivity index (χ4n) is 4.17. The summed E-state index contributed by atoms with van der Waals surface area (Å²) in [5.74, 6) is 1.14. The summed E-state index contributed by atoms with van der Waals surface area (Å²) < 4.78 is 33.1. The van der Waals surface area contributed by atoms with Gasteiger partial charge in [-0.3, -0.25) is 4.79 Å². The summed E-state index contributed by atoms with van der Waals surface area (Å²) in [5, 5.41) is 0. The second kappa shape index (κ2) is 8.67. The number of hydrogen-bond acceptors (Lipinski definition) is 5. The number of aromatic nitrogens is 1. The lowest BCUT2D eigenvalue weighted by Gasteiger charge is -2.30. The molecule has 0 radical (unpaired) electrons. The van der Waals surface area contributed by atoms with Crippen molar-refractivity contribution < 1.29 is 17.6 Å². The molecule has 2 aromatic carbocycles. The molecule has 32 heavy (non-hydrogen) atoms. The lowest BCUT2D eigenvalue weighted by molar-refractivity contribution is -0.132. The van der Waals surface area contributed by atoms with Crippen molar-refractivity contribution in [2.75, 3.05) is 13.1 Å². The molecule has 1 saturated heterocycles. The zero-order valence-corrected chi connectivity index (χ0v) is 18.7. The van der Waals surface area contributed by atoms with Crippen LogP contribution in [0, 0.1) is 0 Å². The number of carbonyl (C=O) groups is 1. The highest BCUT2D eigenvalue weighted by molar-refractivity contribution is 7.89. The lowest BCUT2D eigenvalue weighted by Crippen LogP contribution is -2.38. The third-order valence-corrected chi connectivity index (χ3v) is 7.80. The first-order chi connectivity index (χ1) is 15.5. The number of aryl methyl sites for hydroxylation is 1. The van der Waals surface area contributed by atoms with Gasteiger partial charge < -0.3 is 9.32 Å². The summed E-state index contributed by atoms with van der Waals surface area (Å²) in [6.45, 7) is 1.40. The van der Waals surface area contributed by atoms with Gasteiger partial charge in [-0.2, -0.15) is 0 Å². The zero-order valence-electron chi connectivity index (χ0n) is 17.9. The molecule has 1 aliphatic heterocycles. The summed E-state index contributed by atoms with van der Waals surface area (Å²) in [7, 11) is -3.44. The summed E-state index contributed by atoms with van der Waals surface area (Å²) in [6.07, 6.45) is 4.52. The van der Waals surface area contributed by atoms with Crippen LogP contribution >= 0.6 is 0 Å². The smallest absolute Gasteiger partial charge is 0.240 e. The third kappa shape index (κ3) is 4.71. The molecule has 2 fully saturated rings. The minimum absolute atomic E-state index is 0.0871. The molecule has 8 heteroatoms. The number of oxazole rings is 1. The summed E-state index contributed by atoms with van der Waals surface area (Å²) in [4.78, 5) is 19.5. The number of para-hydroxylation sites is 2. The molecule has 0 atom stereocenters. The molecule has 2 aliphatic rings. The molecular formula is C24H27N3O4S. The van der Waals surface area contributed by atoms with Crippen LogP contribution in [0.4, 0.5) is 0 Å². The molecule has 0 bridgehead atoms. The van der Waals surface area contributed by atoms with Gasteiger partial charge in [-0.1, -0.05) is 24.3 Å². The molecule has 0 spiro atoms. The largest absolute Gasteiger partial charge is 0.440 e. The van der Waals surface area contributed by atoms with Crippen molar-refractivity contribution in [3.8, 4) is 0 Å². The van der Waals surface area contributed by atoms with Crippen molar-refractivity contribution >= 4 is 27.0 Å². The van der Waals surface area contributed by atoms with Crippen LogP contribution in [0.25, 0.3) is 11.1 Å². The molecule has 2 heterocycles. The van der Waals surface area contributed by atoms with E-state index in [9.17, 15) is 13.2 Å². The number of fused-ring (bicyclic) bond motifs is 1. The van der Waals surface area contributed by atoms with Gasteiger partial charge in [-0.25, -0.2) is 18.1 Å². The minimum atomic E-state index is -3.44. The molecule has 1 aliphatic carbocycles. The van der Waals surface area contributed by atoms with Crippen molar-refractivity contribution in [2.45, 2.75) is 55.4 Å². The predicted molar refractivity (Wildman–Crippen MR) is 121 cm³/mol. The predicted octanol–water partition coefficient (Wildman–Crippen LogP) is 3.61. The summed E-state index contributed by atoms with van der Waals surface area (Å²) in [5.41, 5.74) is 2.65. The van der Waals surface area contributed by atoms with Gasteiger partial charge in [0.15, 0.2) is 11.5 Å². The van der Waals surface area contributed by atoms with E-state index in [1.807, 2.05) is 29.2 Å². The van der Waals surface area contributed by atoms with E-state index in [-0.39, 0.29) is 22.8 Å². The number of benzene rings is 2. The maximum absolute atomic E-state index is 12.7. The van der Waals surface area contributed by atoms with Crippen LogP contribution in [-0.4, -0.2) is 43.3 Å². The highest BCUT2D eigenvalue weighted by Crippen LogP contribution is 2.30. The number of rotatable bonds is 7. The topological polar surface area (TPSA) is 92.5 Å². The Labute approximate surface area is 187 Å². The van der Waals surface area contributed by atoms with Crippen LogP contribution in [0.5, 0.6) is 0 Å². The molecule has 168 valence electrons. The molecule has 5 rings (SSSR count). The van der Waals surface area contributed by atoms with Gasteiger partial charge in [0.1, 0.15) is 5.52 Å². The number of carbonyl (C=O) groups excluding carboxylic acids is 1. The van der Waals surface area contributed by atoms with E-state index in [1.165, 1.54) is 0 Å². The fraction of sp³-hybridized carbons (Fsp3) is 0.417. The first-order valence-corrected chi connectivity index (χ1v) is 12.7. The molecule has 1 aromatic heterocycles. The van der Waals surface area contributed by atoms with Crippen LogP contribution in [-0.2, 0) is 21.2 Å². The van der Waals surface area contributed by atoms with Crippen molar-refractivity contribution in [2.24, 2.45) is 0 Å². The number of hydrogen-bond donors (Lipinski definition) is 1. The Bertz CT molecular complexity index is 1170. The maximum Gasteiger partial charge on any atom is 0.240 e. The van der Waals surface area contributed by atoms with Gasteiger partial charge >= 0.3 is 0 Å². The molecular weight excluding hydrogens is 426 g/mol. The zero-order chi connectivity index (χ0) is 22.1.